The molecule has 3 nitrogen and oxygen atoms in total. The van der Waals surface area contributed by atoms with Gasteiger partial charge in [-0.05, 0) is 23.3 Å². The normalized spacial score (nSPS) is 10.1. The summed E-state index contributed by atoms with van der Waals surface area (Å²) in [5.41, 5.74) is 2.25. The van der Waals surface area contributed by atoms with Crippen LogP contribution in [-0.4, -0.2) is 0 Å². The summed E-state index contributed by atoms with van der Waals surface area (Å²) < 4.78 is 5.23. The molecule has 86 valence electrons. The first kappa shape index (κ1) is 11.4. The lowest BCUT2D eigenvalue weighted by atomic mass is 10.1. The van der Waals surface area contributed by atoms with Crippen LogP contribution < -0.4 is 5.32 Å². The molecular formula is C14H14N2O. The standard InChI is InChI=1S/C14H14N2O/c15-8-7-12-4-1-2-5-13(12)10-16-11-14-6-3-9-17-14/h1-6,9,16H,7,10-11H2. The van der Waals surface area contributed by atoms with Crippen LogP contribution in [0.4, 0.5) is 0 Å². The van der Waals surface area contributed by atoms with Gasteiger partial charge in [0.15, 0.2) is 0 Å². The van der Waals surface area contributed by atoms with Gasteiger partial charge in [-0.3, -0.25) is 0 Å². The van der Waals surface area contributed by atoms with E-state index in [9.17, 15) is 0 Å². The number of hydrogen-bond acceptors (Lipinski definition) is 3. The lowest BCUT2D eigenvalue weighted by molar-refractivity contribution is 0.482. The molecule has 0 saturated carbocycles. The van der Waals surface area contributed by atoms with Crippen LogP contribution in [0.2, 0.25) is 0 Å². The highest BCUT2D eigenvalue weighted by atomic mass is 16.3. The predicted octanol–water partition coefficient (Wildman–Crippen LogP) is 2.64. The molecule has 0 atom stereocenters. The molecule has 17 heavy (non-hydrogen) atoms. The van der Waals surface area contributed by atoms with E-state index >= 15 is 0 Å². The molecule has 0 aliphatic carbocycles. The molecule has 2 rings (SSSR count). The second-order valence-corrected chi connectivity index (χ2v) is 3.79. The monoisotopic (exact) mass is 226 g/mol. The first-order valence-corrected chi connectivity index (χ1v) is 5.57. The molecule has 3 heteroatoms. The third-order valence-electron chi connectivity index (χ3n) is 2.58. The molecule has 0 saturated heterocycles. The van der Waals surface area contributed by atoms with Crippen molar-refractivity contribution < 1.29 is 4.42 Å². The van der Waals surface area contributed by atoms with Gasteiger partial charge in [-0.1, -0.05) is 24.3 Å². The Morgan fingerprint density at radius 3 is 2.59 bits per heavy atom. The van der Waals surface area contributed by atoms with Gasteiger partial charge in [-0.2, -0.15) is 5.26 Å². The molecule has 1 N–H and O–H groups in total. The Bertz CT molecular complexity index is 497. The summed E-state index contributed by atoms with van der Waals surface area (Å²) in [7, 11) is 0. The first-order chi connectivity index (χ1) is 8.40. The van der Waals surface area contributed by atoms with Crippen LogP contribution in [0.1, 0.15) is 16.9 Å². The molecule has 2 aromatic rings. The number of nitriles is 1. The maximum absolute atomic E-state index is 8.73. The molecule has 0 bridgehead atoms. The van der Waals surface area contributed by atoms with E-state index in [4.69, 9.17) is 9.68 Å². The van der Waals surface area contributed by atoms with Crippen molar-refractivity contribution in [3.8, 4) is 6.07 Å². The van der Waals surface area contributed by atoms with Crippen molar-refractivity contribution in [2.45, 2.75) is 19.5 Å². The van der Waals surface area contributed by atoms with Crippen LogP contribution in [0, 0.1) is 11.3 Å². The molecule has 1 aromatic carbocycles. The fraction of sp³-hybridized carbons (Fsp3) is 0.214. The summed E-state index contributed by atoms with van der Waals surface area (Å²) in [6, 6.07) is 14.0. The zero-order chi connectivity index (χ0) is 11.9. The molecule has 0 radical (unpaired) electrons. The van der Waals surface area contributed by atoms with Gasteiger partial charge in [-0.25, -0.2) is 0 Å². The van der Waals surface area contributed by atoms with Crippen molar-refractivity contribution in [1.29, 1.82) is 5.26 Å². The van der Waals surface area contributed by atoms with Crippen LogP contribution in [0.5, 0.6) is 0 Å². The molecule has 1 heterocycles. The van der Waals surface area contributed by atoms with E-state index in [0.29, 0.717) is 13.0 Å². The van der Waals surface area contributed by atoms with Crippen molar-refractivity contribution in [1.82, 2.24) is 5.32 Å². The summed E-state index contributed by atoms with van der Waals surface area (Å²) in [6.07, 6.45) is 2.12. The second-order valence-electron chi connectivity index (χ2n) is 3.79. The van der Waals surface area contributed by atoms with Gasteiger partial charge in [0.2, 0.25) is 0 Å². The zero-order valence-electron chi connectivity index (χ0n) is 9.52. The van der Waals surface area contributed by atoms with Crippen LogP contribution in [0.15, 0.2) is 47.1 Å². The van der Waals surface area contributed by atoms with E-state index in [1.54, 1.807) is 6.26 Å². The fourth-order valence-corrected chi connectivity index (χ4v) is 1.72. The Morgan fingerprint density at radius 1 is 1.06 bits per heavy atom. The maximum Gasteiger partial charge on any atom is 0.117 e. The molecule has 0 spiro atoms. The summed E-state index contributed by atoms with van der Waals surface area (Å²) in [6.45, 7) is 1.45. The lowest BCUT2D eigenvalue weighted by Crippen LogP contribution is -2.13. The number of rotatable bonds is 5. The van der Waals surface area contributed by atoms with Crippen LogP contribution in [0.25, 0.3) is 0 Å². The maximum atomic E-state index is 8.73. The van der Waals surface area contributed by atoms with Crippen molar-refractivity contribution in [3.05, 3.63) is 59.5 Å². The fourth-order valence-electron chi connectivity index (χ4n) is 1.72. The Balaban J connectivity index is 1.92. The second kappa shape index (κ2) is 5.88. The quantitative estimate of drug-likeness (QED) is 0.852. The van der Waals surface area contributed by atoms with Crippen molar-refractivity contribution >= 4 is 0 Å². The predicted molar refractivity (Wildman–Crippen MR) is 65.0 cm³/mol. The summed E-state index contributed by atoms with van der Waals surface area (Å²) in [4.78, 5) is 0. The third-order valence-corrected chi connectivity index (χ3v) is 2.58. The first-order valence-electron chi connectivity index (χ1n) is 5.57. The van der Waals surface area contributed by atoms with Crippen molar-refractivity contribution in [2.24, 2.45) is 0 Å². The molecule has 0 amide bonds. The van der Waals surface area contributed by atoms with Gasteiger partial charge in [0.1, 0.15) is 5.76 Å². The Labute approximate surface area is 101 Å². The SMILES string of the molecule is N#CCc1ccccc1CNCc1ccco1. The zero-order valence-corrected chi connectivity index (χ0v) is 9.52. The number of furan rings is 1. The summed E-state index contributed by atoms with van der Waals surface area (Å²) >= 11 is 0. The molecule has 1 aromatic heterocycles. The third kappa shape index (κ3) is 3.20. The highest BCUT2D eigenvalue weighted by molar-refractivity contribution is 5.29. The van der Waals surface area contributed by atoms with Gasteiger partial charge in [-0.15, -0.1) is 0 Å². The van der Waals surface area contributed by atoms with Gasteiger partial charge >= 0.3 is 0 Å². The lowest BCUT2D eigenvalue weighted by Gasteiger charge is -2.07. The van der Waals surface area contributed by atoms with Crippen LogP contribution in [-0.2, 0) is 19.5 Å². The van der Waals surface area contributed by atoms with Crippen LogP contribution >= 0.6 is 0 Å². The van der Waals surface area contributed by atoms with Gasteiger partial charge < -0.3 is 9.73 Å². The Kier molecular flexibility index (Phi) is 3.95. The number of hydrogen-bond donors (Lipinski definition) is 1. The molecule has 0 fully saturated rings. The van der Waals surface area contributed by atoms with E-state index in [2.05, 4.69) is 11.4 Å². The minimum atomic E-state index is 0.457. The number of nitrogens with one attached hydrogen (secondary N) is 1. The largest absolute Gasteiger partial charge is 0.468 e. The topological polar surface area (TPSA) is 49.0 Å². The Hall–Kier alpha value is -2.05. The van der Waals surface area contributed by atoms with Gasteiger partial charge in [0.25, 0.3) is 0 Å². The minimum Gasteiger partial charge on any atom is -0.468 e. The Morgan fingerprint density at radius 2 is 1.88 bits per heavy atom. The number of benzene rings is 1. The average molecular weight is 226 g/mol. The highest BCUT2D eigenvalue weighted by Gasteiger charge is 2.01. The minimum absolute atomic E-state index is 0.457. The summed E-state index contributed by atoms with van der Waals surface area (Å²) in [5, 5.41) is 12.0. The smallest absolute Gasteiger partial charge is 0.117 e. The average Bonchev–Trinajstić information content (AvgIpc) is 2.85. The van der Waals surface area contributed by atoms with E-state index in [1.165, 1.54) is 5.56 Å². The molecule has 0 aliphatic rings. The van der Waals surface area contributed by atoms with E-state index in [1.807, 2.05) is 36.4 Å². The molecular weight excluding hydrogens is 212 g/mol. The summed E-state index contributed by atoms with van der Waals surface area (Å²) in [5.74, 6) is 0.919. The van der Waals surface area contributed by atoms with Gasteiger partial charge in [0, 0.05) is 6.54 Å². The number of nitrogens with zero attached hydrogens (tertiary/aromatic N) is 1. The van der Waals surface area contributed by atoms with E-state index in [-0.39, 0.29) is 0 Å². The molecule has 0 aliphatic heterocycles. The molecule has 0 unspecified atom stereocenters. The van der Waals surface area contributed by atoms with Crippen LogP contribution in [0.3, 0.4) is 0 Å². The highest BCUT2D eigenvalue weighted by Crippen LogP contribution is 2.09. The van der Waals surface area contributed by atoms with E-state index in [0.717, 1.165) is 17.9 Å². The van der Waals surface area contributed by atoms with Crippen molar-refractivity contribution in [2.75, 3.05) is 0 Å². The van der Waals surface area contributed by atoms with Crippen molar-refractivity contribution in [3.63, 3.8) is 0 Å². The van der Waals surface area contributed by atoms with E-state index < -0.39 is 0 Å². The van der Waals surface area contributed by atoms with Gasteiger partial charge in [0.05, 0.1) is 25.3 Å².